The van der Waals surface area contributed by atoms with Crippen molar-refractivity contribution in [3.63, 3.8) is 0 Å². The van der Waals surface area contributed by atoms with Gasteiger partial charge in [0.25, 0.3) is 0 Å². The lowest BCUT2D eigenvalue weighted by atomic mass is 10.3. The molecule has 0 aliphatic carbocycles. The zero-order valence-electron chi connectivity index (χ0n) is 8.12. The fourth-order valence-corrected chi connectivity index (χ4v) is 1.31. The molecule has 3 nitrogen and oxygen atoms in total. The minimum Gasteiger partial charge on any atom is -0.437 e. The van der Waals surface area contributed by atoms with Crippen LogP contribution in [0.4, 0.5) is 8.78 Å². The van der Waals surface area contributed by atoms with Crippen LogP contribution in [0.25, 0.3) is 0 Å². The normalized spacial score (nSPS) is 10.4. The zero-order chi connectivity index (χ0) is 12.4. The Labute approximate surface area is 105 Å². The molecule has 2 aromatic rings. The molecule has 0 unspecified atom stereocenters. The zero-order valence-corrected chi connectivity index (χ0v) is 9.64. The van der Waals surface area contributed by atoms with Crippen molar-refractivity contribution in [2.24, 2.45) is 0 Å². The summed E-state index contributed by atoms with van der Waals surface area (Å²) in [6.07, 6.45) is 1.24. The van der Waals surface area contributed by atoms with Gasteiger partial charge in [-0.25, -0.2) is 13.8 Å². The van der Waals surface area contributed by atoms with E-state index in [1.54, 1.807) is 0 Å². The fourth-order valence-electron chi connectivity index (χ4n) is 1.05. The number of nitrogens with zero attached hydrogens (tertiary/aromatic N) is 2. The minimum absolute atomic E-state index is 0.0299. The Hall–Kier alpha value is -1.46. The van der Waals surface area contributed by atoms with Gasteiger partial charge in [-0.15, -0.1) is 0 Å². The summed E-state index contributed by atoms with van der Waals surface area (Å²) < 4.78 is 30.7. The Balaban J connectivity index is 2.31. The Morgan fingerprint density at radius 2 is 1.88 bits per heavy atom. The topological polar surface area (TPSA) is 35.0 Å². The number of ether oxygens (including phenoxy) is 1. The van der Waals surface area contributed by atoms with Crippen molar-refractivity contribution in [2.75, 3.05) is 0 Å². The van der Waals surface area contributed by atoms with Gasteiger partial charge in [0.1, 0.15) is 10.8 Å². The first-order valence-corrected chi connectivity index (χ1v) is 5.13. The summed E-state index contributed by atoms with van der Waals surface area (Å²) in [7, 11) is 0. The molecule has 17 heavy (non-hydrogen) atoms. The van der Waals surface area contributed by atoms with Crippen molar-refractivity contribution in [3.8, 4) is 11.6 Å². The molecule has 0 aliphatic rings. The van der Waals surface area contributed by atoms with Crippen LogP contribution in [0.3, 0.4) is 0 Å². The van der Waals surface area contributed by atoms with Crippen molar-refractivity contribution >= 4 is 23.2 Å². The van der Waals surface area contributed by atoms with E-state index >= 15 is 0 Å². The Kier molecular flexibility index (Phi) is 3.40. The van der Waals surface area contributed by atoms with E-state index in [1.165, 1.54) is 12.3 Å². The first-order valence-electron chi connectivity index (χ1n) is 4.37. The van der Waals surface area contributed by atoms with Gasteiger partial charge in [0.15, 0.2) is 11.6 Å². The highest BCUT2D eigenvalue weighted by atomic mass is 35.5. The molecule has 0 atom stereocenters. The fraction of sp³-hybridized carbons (Fsp3) is 0. The summed E-state index contributed by atoms with van der Waals surface area (Å²) in [4.78, 5) is 7.33. The highest BCUT2D eigenvalue weighted by molar-refractivity contribution is 6.32. The van der Waals surface area contributed by atoms with Crippen molar-refractivity contribution in [3.05, 3.63) is 46.3 Å². The van der Waals surface area contributed by atoms with E-state index in [9.17, 15) is 8.78 Å². The van der Waals surface area contributed by atoms with Crippen LogP contribution in [0.2, 0.25) is 10.3 Å². The number of halogens is 4. The smallest absolute Gasteiger partial charge is 0.242 e. The average Bonchev–Trinajstić information content (AvgIpc) is 2.29. The molecule has 0 fully saturated rings. The third-order valence-corrected chi connectivity index (χ3v) is 2.23. The maximum atomic E-state index is 12.9. The van der Waals surface area contributed by atoms with Gasteiger partial charge in [-0.1, -0.05) is 11.6 Å². The van der Waals surface area contributed by atoms with E-state index in [4.69, 9.17) is 27.9 Å². The van der Waals surface area contributed by atoms with Crippen LogP contribution in [0.1, 0.15) is 0 Å². The second-order valence-electron chi connectivity index (χ2n) is 2.97. The third-order valence-electron chi connectivity index (χ3n) is 1.79. The largest absolute Gasteiger partial charge is 0.437 e. The highest BCUT2D eigenvalue weighted by Crippen LogP contribution is 2.28. The van der Waals surface area contributed by atoms with Crippen molar-refractivity contribution in [1.82, 2.24) is 9.97 Å². The minimum atomic E-state index is -1.03. The monoisotopic (exact) mass is 276 g/mol. The Bertz CT molecular complexity index is 566. The number of hydrogen-bond donors (Lipinski definition) is 0. The second-order valence-corrected chi connectivity index (χ2v) is 3.72. The van der Waals surface area contributed by atoms with Crippen LogP contribution in [0.15, 0.2) is 24.4 Å². The van der Waals surface area contributed by atoms with Crippen LogP contribution < -0.4 is 4.74 Å². The molecule has 0 N–H and O–H groups in total. The lowest BCUT2D eigenvalue weighted by molar-refractivity contribution is 0.447. The summed E-state index contributed by atoms with van der Waals surface area (Å²) in [6, 6.07) is 3.05. The number of hydrogen-bond acceptors (Lipinski definition) is 3. The number of aromatic nitrogens is 2. The van der Waals surface area contributed by atoms with Crippen molar-refractivity contribution in [2.45, 2.75) is 0 Å². The molecular formula is C10H4Cl2F2N2O. The van der Waals surface area contributed by atoms with Crippen molar-refractivity contribution in [1.29, 1.82) is 0 Å². The average molecular weight is 277 g/mol. The predicted octanol–water partition coefficient (Wildman–Crippen LogP) is 3.85. The van der Waals surface area contributed by atoms with E-state index in [2.05, 4.69) is 9.97 Å². The van der Waals surface area contributed by atoms with E-state index in [0.717, 1.165) is 12.1 Å². The van der Waals surface area contributed by atoms with Crippen LogP contribution in [-0.4, -0.2) is 9.97 Å². The lowest BCUT2D eigenvalue weighted by Crippen LogP contribution is -1.93. The second kappa shape index (κ2) is 4.81. The van der Waals surface area contributed by atoms with Gasteiger partial charge in [0, 0.05) is 6.07 Å². The van der Waals surface area contributed by atoms with Crippen molar-refractivity contribution < 1.29 is 13.5 Å². The van der Waals surface area contributed by atoms with E-state index in [-0.39, 0.29) is 21.9 Å². The standard InChI is InChI=1S/C10H4Cl2F2N2O/c11-6-4-15-10(12)16-9(6)17-5-1-2-7(13)8(14)3-5/h1-4H. The first kappa shape index (κ1) is 12.0. The molecule has 0 spiro atoms. The molecule has 2 rings (SSSR count). The molecule has 0 radical (unpaired) electrons. The summed E-state index contributed by atoms with van der Waals surface area (Å²) in [5.74, 6) is -1.97. The molecule has 7 heteroatoms. The molecule has 0 aliphatic heterocycles. The van der Waals surface area contributed by atoms with E-state index < -0.39 is 11.6 Å². The number of rotatable bonds is 2. The molecule has 1 aromatic heterocycles. The quantitative estimate of drug-likeness (QED) is 0.782. The maximum Gasteiger partial charge on any atom is 0.242 e. The van der Waals surface area contributed by atoms with Gasteiger partial charge in [0.05, 0.1) is 6.20 Å². The van der Waals surface area contributed by atoms with Gasteiger partial charge >= 0.3 is 0 Å². The Morgan fingerprint density at radius 1 is 1.12 bits per heavy atom. The molecule has 0 saturated carbocycles. The van der Waals surface area contributed by atoms with Gasteiger partial charge in [-0.3, -0.25) is 0 Å². The lowest BCUT2D eigenvalue weighted by Gasteiger charge is -2.06. The first-order chi connectivity index (χ1) is 8.06. The molecule has 88 valence electrons. The summed E-state index contributed by atoms with van der Waals surface area (Å²) >= 11 is 11.3. The molecule has 0 saturated heterocycles. The summed E-state index contributed by atoms with van der Waals surface area (Å²) in [5.41, 5.74) is 0. The summed E-state index contributed by atoms with van der Waals surface area (Å²) in [5, 5.41) is 0.0473. The SMILES string of the molecule is Fc1ccc(Oc2nc(Cl)ncc2Cl)cc1F. The molecular weight excluding hydrogens is 273 g/mol. The van der Waals surface area contributed by atoms with Crippen LogP contribution >= 0.6 is 23.2 Å². The Morgan fingerprint density at radius 3 is 2.59 bits per heavy atom. The molecule has 0 amide bonds. The van der Waals surface area contributed by atoms with Crippen LogP contribution in [0.5, 0.6) is 11.6 Å². The van der Waals surface area contributed by atoms with Gasteiger partial charge < -0.3 is 4.74 Å². The van der Waals surface area contributed by atoms with E-state index in [1.807, 2.05) is 0 Å². The van der Waals surface area contributed by atoms with Gasteiger partial charge in [0.2, 0.25) is 11.2 Å². The molecule has 1 aromatic carbocycles. The highest BCUT2D eigenvalue weighted by Gasteiger charge is 2.09. The molecule has 0 bridgehead atoms. The summed E-state index contributed by atoms with van der Waals surface area (Å²) in [6.45, 7) is 0. The maximum absolute atomic E-state index is 12.9. The molecule has 1 heterocycles. The predicted molar refractivity (Wildman–Crippen MR) is 58.5 cm³/mol. The van der Waals surface area contributed by atoms with Crippen LogP contribution in [-0.2, 0) is 0 Å². The number of benzene rings is 1. The van der Waals surface area contributed by atoms with Gasteiger partial charge in [-0.05, 0) is 23.7 Å². The van der Waals surface area contributed by atoms with Crippen LogP contribution in [0, 0.1) is 11.6 Å². The third kappa shape index (κ3) is 2.81. The van der Waals surface area contributed by atoms with Gasteiger partial charge in [-0.2, -0.15) is 4.98 Å². The van der Waals surface area contributed by atoms with E-state index in [0.29, 0.717) is 0 Å².